The molecule has 1 aromatic rings. The first-order chi connectivity index (χ1) is 14.6. The highest BCUT2D eigenvalue weighted by Gasteiger charge is 2.33. The summed E-state index contributed by atoms with van der Waals surface area (Å²) in [5, 5.41) is 3.95. The molecule has 2 N–H and O–H groups in total. The summed E-state index contributed by atoms with van der Waals surface area (Å²) < 4.78 is 74.1. The van der Waals surface area contributed by atoms with Gasteiger partial charge in [-0.1, -0.05) is 0 Å². The van der Waals surface area contributed by atoms with Crippen LogP contribution in [0.4, 0.5) is 13.2 Å². The number of nitrogens with zero attached hydrogens (tertiary/aromatic N) is 1. The first-order valence-corrected chi connectivity index (χ1v) is 11.0. The van der Waals surface area contributed by atoms with Gasteiger partial charge in [0.05, 0.1) is 11.4 Å². The summed E-state index contributed by atoms with van der Waals surface area (Å²) in [6, 6.07) is 4.37. The molecule has 2 amide bonds. The fourth-order valence-electron chi connectivity index (χ4n) is 3.26. The van der Waals surface area contributed by atoms with E-state index in [1.54, 1.807) is 5.32 Å². The zero-order chi connectivity index (χ0) is 22.6. The highest BCUT2D eigenvalue weighted by molar-refractivity contribution is 7.89. The van der Waals surface area contributed by atoms with Crippen LogP contribution in [0, 0.1) is 5.92 Å². The molecule has 9 nitrogen and oxygen atoms in total. The summed E-state index contributed by atoms with van der Waals surface area (Å²) in [6.07, 6.45) is -4.09. The molecule has 13 heteroatoms. The van der Waals surface area contributed by atoms with Crippen molar-refractivity contribution in [3.8, 4) is 11.5 Å². The van der Waals surface area contributed by atoms with Gasteiger partial charge in [0.1, 0.15) is 19.8 Å². The molecule has 1 aromatic carbocycles. The van der Waals surface area contributed by atoms with Gasteiger partial charge in [-0.25, -0.2) is 8.42 Å². The minimum Gasteiger partial charge on any atom is -0.486 e. The van der Waals surface area contributed by atoms with Gasteiger partial charge in [0, 0.05) is 25.1 Å². The molecule has 1 saturated heterocycles. The number of rotatable bonds is 6. The maximum Gasteiger partial charge on any atom is 0.405 e. The Morgan fingerprint density at radius 2 is 1.71 bits per heavy atom. The zero-order valence-corrected chi connectivity index (χ0v) is 17.2. The van der Waals surface area contributed by atoms with Gasteiger partial charge in [0.15, 0.2) is 11.5 Å². The summed E-state index contributed by atoms with van der Waals surface area (Å²) in [5.41, 5.74) is 0. The quantitative estimate of drug-likeness (QED) is 0.638. The molecule has 0 unspecified atom stereocenters. The van der Waals surface area contributed by atoms with Crippen LogP contribution in [-0.2, 0) is 19.6 Å². The Bertz CT molecular complexity index is 930. The lowest BCUT2D eigenvalue weighted by Crippen LogP contribution is -2.45. The van der Waals surface area contributed by atoms with E-state index >= 15 is 0 Å². The standard InChI is InChI=1S/C18H22F3N3O6S/c19-18(20,21)11-23-16(25)10-22-17(26)12-3-5-24(6-4-12)31(27,28)13-1-2-14-15(9-13)30-8-7-29-14/h1-2,9,12H,3-8,10-11H2,(H,22,26)(H,23,25). The summed E-state index contributed by atoms with van der Waals surface area (Å²) in [7, 11) is -3.80. The fourth-order valence-corrected chi connectivity index (χ4v) is 4.75. The average Bonchev–Trinajstić information content (AvgIpc) is 2.75. The summed E-state index contributed by atoms with van der Waals surface area (Å²) in [4.78, 5) is 23.6. The molecule has 0 radical (unpaired) electrons. The van der Waals surface area contributed by atoms with Gasteiger partial charge in [0.2, 0.25) is 21.8 Å². The van der Waals surface area contributed by atoms with E-state index in [9.17, 15) is 31.2 Å². The Morgan fingerprint density at radius 3 is 2.35 bits per heavy atom. The molecule has 0 saturated carbocycles. The number of sulfonamides is 1. The Labute approximate surface area is 176 Å². The number of carbonyl (C=O) groups excluding carboxylic acids is 2. The van der Waals surface area contributed by atoms with E-state index in [1.807, 2.05) is 0 Å². The maximum absolute atomic E-state index is 12.9. The van der Waals surface area contributed by atoms with Crippen LogP contribution in [0.1, 0.15) is 12.8 Å². The summed E-state index contributed by atoms with van der Waals surface area (Å²) in [5.74, 6) is -1.17. The van der Waals surface area contributed by atoms with Crippen molar-refractivity contribution in [3.05, 3.63) is 18.2 Å². The lowest BCUT2D eigenvalue weighted by molar-refractivity contribution is -0.138. The van der Waals surface area contributed by atoms with Crippen LogP contribution in [0.15, 0.2) is 23.1 Å². The molecule has 31 heavy (non-hydrogen) atoms. The second-order valence-electron chi connectivity index (χ2n) is 7.09. The van der Waals surface area contributed by atoms with E-state index in [-0.39, 0.29) is 30.8 Å². The van der Waals surface area contributed by atoms with Crippen molar-refractivity contribution in [1.82, 2.24) is 14.9 Å². The number of hydrogen-bond acceptors (Lipinski definition) is 6. The Balaban J connectivity index is 1.50. The maximum atomic E-state index is 12.9. The lowest BCUT2D eigenvalue weighted by atomic mass is 9.97. The van der Waals surface area contributed by atoms with Crippen LogP contribution in [-0.4, -0.2) is 70.1 Å². The number of halogens is 3. The van der Waals surface area contributed by atoms with E-state index in [2.05, 4.69) is 5.32 Å². The molecule has 2 heterocycles. The Hall–Kier alpha value is -2.54. The SMILES string of the molecule is O=C(CNC(=O)C1CCN(S(=O)(=O)c2ccc3c(c2)OCCO3)CC1)NCC(F)(F)F. The van der Waals surface area contributed by atoms with Crippen molar-refractivity contribution in [3.63, 3.8) is 0 Å². The predicted octanol–water partition coefficient (Wildman–Crippen LogP) is 0.653. The second kappa shape index (κ2) is 9.30. The molecular formula is C18H22F3N3O6S. The van der Waals surface area contributed by atoms with Crippen LogP contribution in [0.2, 0.25) is 0 Å². The van der Waals surface area contributed by atoms with Gasteiger partial charge in [-0.2, -0.15) is 17.5 Å². The number of amides is 2. The summed E-state index contributed by atoms with van der Waals surface area (Å²) >= 11 is 0. The number of nitrogens with one attached hydrogen (secondary N) is 2. The molecular weight excluding hydrogens is 443 g/mol. The average molecular weight is 465 g/mol. The molecule has 0 atom stereocenters. The number of fused-ring (bicyclic) bond motifs is 1. The van der Waals surface area contributed by atoms with Crippen molar-refractivity contribution in [2.75, 3.05) is 39.4 Å². The molecule has 0 spiro atoms. The van der Waals surface area contributed by atoms with Gasteiger partial charge in [0.25, 0.3) is 0 Å². The third-order valence-corrected chi connectivity index (χ3v) is 6.78. The number of hydrogen-bond donors (Lipinski definition) is 2. The fraction of sp³-hybridized carbons (Fsp3) is 0.556. The number of piperidine rings is 1. The third kappa shape index (κ3) is 6.00. The molecule has 0 bridgehead atoms. The third-order valence-electron chi connectivity index (χ3n) is 4.89. The van der Waals surface area contributed by atoms with Crippen molar-refractivity contribution < 1.29 is 40.7 Å². The van der Waals surface area contributed by atoms with E-state index in [4.69, 9.17) is 9.47 Å². The van der Waals surface area contributed by atoms with Crippen LogP contribution < -0.4 is 20.1 Å². The second-order valence-corrected chi connectivity index (χ2v) is 9.03. The first-order valence-electron chi connectivity index (χ1n) is 9.57. The smallest absolute Gasteiger partial charge is 0.405 e. The van der Waals surface area contributed by atoms with Gasteiger partial charge >= 0.3 is 6.18 Å². The van der Waals surface area contributed by atoms with Gasteiger partial charge in [-0.15, -0.1) is 0 Å². The van der Waals surface area contributed by atoms with Crippen LogP contribution >= 0.6 is 0 Å². The van der Waals surface area contributed by atoms with E-state index in [1.165, 1.54) is 22.5 Å². The van der Waals surface area contributed by atoms with Crippen LogP contribution in [0.3, 0.4) is 0 Å². The zero-order valence-electron chi connectivity index (χ0n) is 16.4. The van der Waals surface area contributed by atoms with Crippen LogP contribution in [0.5, 0.6) is 11.5 Å². The number of benzene rings is 1. The molecule has 1 fully saturated rings. The molecule has 2 aliphatic heterocycles. The molecule has 172 valence electrons. The predicted molar refractivity (Wildman–Crippen MR) is 101 cm³/mol. The van der Waals surface area contributed by atoms with E-state index < -0.39 is 47.0 Å². The van der Waals surface area contributed by atoms with Crippen molar-refractivity contribution in [2.45, 2.75) is 23.9 Å². The summed E-state index contributed by atoms with van der Waals surface area (Å²) in [6.45, 7) is -1.16. The molecule has 0 aromatic heterocycles. The molecule has 2 aliphatic rings. The number of ether oxygens (including phenoxy) is 2. The minimum absolute atomic E-state index is 0.0565. The molecule has 3 rings (SSSR count). The highest BCUT2D eigenvalue weighted by atomic mass is 32.2. The van der Waals surface area contributed by atoms with Crippen molar-refractivity contribution in [1.29, 1.82) is 0 Å². The largest absolute Gasteiger partial charge is 0.486 e. The van der Waals surface area contributed by atoms with Gasteiger partial charge in [-0.05, 0) is 25.0 Å². The monoisotopic (exact) mass is 465 g/mol. The van der Waals surface area contributed by atoms with Crippen LogP contribution in [0.25, 0.3) is 0 Å². The minimum atomic E-state index is -4.53. The lowest BCUT2D eigenvalue weighted by Gasteiger charge is -2.30. The topological polar surface area (TPSA) is 114 Å². The highest BCUT2D eigenvalue weighted by Crippen LogP contribution is 2.34. The number of carbonyl (C=O) groups is 2. The van der Waals surface area contributed by atoms with E-state index in [0.29, 0.717) is 24.7 Å². The molecule has 0 aliphatic carbocycles. The van der Waals surface area contributed by atoms with Gasteiger partial charge in [-0.3, -0.25) is 9.59 Å². The Morgan fingerprint density at radius 1 is 1.06 bits per heavy atom. The van der Waals surface area contributed by atoms with E-state index in [0.717, 1.165) is 0 Å². The Kier molecular flexibility index (Phi) is 6.94. The number of alkyl halides is 3. The van der Waals surface area contributed by atoms with Crippen molar-refractivity contribution >= 4 is 21.8 Å². The normalized spacial score (nSPS) is 17.8. The van der Waals surface area contributed by atoms with Gasteiger partial charge < -0.3 is 20.1 Å². The van der Waals surface area contributed by atoms with Crippen molar-refractivity contribution in [2.24, 2.45) is 5.92 Å². The first kappa shape index (κ1) is 23.1.